The quantitative estimate of drug-likeness (QED) is 0.201. The molecule has 1 aliphatic rings. The van der Waals surface area contributed by atoms with E-state index < -0.39 is 25.3 Å². The van der Waals surface area contributed by atoms with E-state index in [4.69, 9.17) is 4.74 Å². The SMILES string of the molecule is COC(=O)C(NC(=O)[C@H](Cc1ccc(-c2ccccc2)cc1)CP(=O)(O)CCc1ccccc1)C1CCCCC1. The van der Waals surface area contributed by atoms with Crippen LogP contribution < -0.4 is 5.32 Å². The summed E-state index contributed by atoms with van der Waals surface area (Å²) in [6.45, 7) is 0. The van der Waals surface area contributed by atoms with E-state index in [1.54, 1.807) is 0 Å². The number of carbonyl (C=O) groups excluding carboxylic acids is 2. The van der Waals surface area contributed by atoms with Crippen molar-refractivity contribution in [3.63, 3.8) is 0 Å². The zero-order valence-corrected chi connectivity index (χ0v) is 24.1. The molecule has 0 bridgehead atoms. The van der Waals surface area contributed by atoms with Gasteiger partial charge in [0.1, 0.15) is 6.04 Å². The van der Waals surface area contributed by atoms with Crippen LogP contribution in [0.5, 0.6) is 0 Å². The van der Waals surface area contributed by atoms with Crippen molar-refractivity contribution in [1.82, 2.24) is 5.32 Å². The van der Waals surface area contributed by atoms with E-state index in [1.165, 1.54) is 7.11 Å². The second-order valence-corrected chi connectivity index (χ2v) is 13.4. The van der Waals surface area contributed by atoms with Crippen molar-refractivity contribution in [2.24, 2.45) is 11.8 Å². The molecule has 1 saturated carbocycles. The molecule has 0 heterocycles. The predicted octanol–water partition coefficient (Wildman–Crippen LogP) is 6.26. The third-order valence-corrected chi connectivity index (χ3v) is 9.82. The van der Waals surface area contributed by atoms with Gasteiger partial charge >= 0.3 is 5.97 Å². The molecule has 3 aromatic carbocycles. The maximum atomic E-state index is 13.7. The molecule has 3 aromatic rings. The summed E-state index contributed by atoms with van der Waals surface area (Å²) in [5, 5.41) is 2.95. The van der Waals surface area contributed by atoms with Crippen molar-refractivity contribution < 1.29 is 23.8 Å². The van der Waals surface area contributed by atoms with Crippen molar-refractivity contribution in [2.75, 3.05) is 19.4 Å². The van der Waals surface area contributed by atoms with Gasteiger partial charge in [-0.2, -0.15) is 0 Å². The molecule has 0 saturated heterocycles. The first-order chi connectivity index (χ1) is 19.3. The molecule has 4 rings (SSSR count). The molecule has 1 fully saturated rings. The fraction of sp³-hybridized carbons (Fsp3) is 0.394. The molecule has 2 unspecified atom stereocenters. The van der Waals surface area contributed by atoms with Crippen molar-refractivity contribution in [2.45, 2.75) is 51.0 Å². The number of aryl methyl sites for hydroxylation is 1. The minimum Gasteiger partial charge on any atom is -0.467 e. The molecule has 2 N–H and O–H groups in total. The van der Waals surface area contributed by atoms with E-state index in [2.05, 4.69) is 5.32 Å². The summed E-state index contributed by atoms with van der Waals surface area (Å²) in [6, 6.07) is 26.8. The summed E-state index contributed by atoms with van der Waals surface area (Å²) in [6.07, 6.45) is 5.54. The minimum atomic E-state index is -3.65. The number of carbonyl (C=O) groups is 2. The highest BCUT2D eigenvalue weighted by Crippen LogP contribution is 2.44. The number of methoxy groups -OCH3 is 1. The molecule has 0 radical (unpaired) electrons. The van der Waals surface area contributed by atoms with E-state index >= 15 is 0 Å². The maximum Gasteiger partial charge on any atom is 0.328 e. The van der Waals surface area contributed by atoms with Crippen LogP contribution in [0.1, 0.15) is 43.2 Å². The van der Waals surface area contributed by atoms with E-state index in [-0.39, 0.29) is 24.1 Å². The van der Waals surface area contributed by atoms with Crippen LogP contribution in [0.3, 0.4) is 0 Å². The van der Waals surface area contributed by atoms with Crippen LogP contribution in [-0.4, -0.2) is 42.2 Å². The number of amides is 1. The Labute approximate surface area is 237 Å². The average molecular weight is 562 g/mol. The average Bonchev–Trinajstić information content (AvgIpc) is 3.00. The van der Waals surface area contributed by atoms with Gasteiger partial charge in [-0.1, -0.05) is 104 Å². The lowest BCUT2D eigenvalue weighted by atomic mass is 9.83. The number of hydrogen-bond donors (Lipinski definition) is 2. The predicted molar refractivity (Wildman–Crippen MR) is 159 cm³/mol. The molecule has 0 aliphatic heterocycles. The first kappa shape index (κ1) is 29.8. The van der Waals surface area contributed by atoms with Gasteiger partial charge in [-0.25, -0.2) is 4.79 Å². The van der Waals surface area contributed by atoms with Crippen LogP contribution in [0.4, 0.5) is 0 Å². The lowest BCUT2D eigenvalue weighted by Crippen LogP contribution is -2.49. The zero-order valence-electron chi connectivity index (χ0n) is 23.2. The highest BCUT2D eigenvalue weighted by Gasteiger charge is 2.35. The van der Waals surface area contributed by atoms with Gasteiger partial charge in [0, 0.05) is 12.3 Å². The highest BCUT2D eigenvalue weighted by atomic mass is 31.2. The first-order valence-corrected chi connectivity index (χ1v) is 16.2. The Bertz CT molecular complexity index is 1270. The van der Waals surface area contributed by atoms with Gasteiger partial charge in [0.05, 0.1) is 13.0 Å². The number of rotatable bonds is 12. The molecule has 3 atom stereocenters. The van der Waals surface area contributed by atoms with Crippen molar-refractivity contribution in [3.8, 4) is 11.1 Å². The van der Waals surface area contributed by atoms with Gasteiger partial charge < -0.3 is 14.9 Å². The molecule has 40 heavy (non-hydrogen) atoms. The van der Waals surface area contributed by atoms with E-state index in [0.29, 0.717) is 12.8 Å². The summed E-state index contributed by atoms with van der Waals surface area (Å²) in [5.74, 6) is -1.58. The molecule has 212 valence electrons. The molecule has 1 aliphatic carbocycles. The third-order valence-electron chi connectivity index (χ3n) is 7.89. The van der Waals surface area contributed by atoms with Crippen LogP contribution in [-0.2, 0) is 31.7 Å². The number of benzene rings is 3. The van der Waals surface area contributed by atoms with Gasteiger partial charge in [0.2, 0.25) is 13.3 Å². The Hall–Kier alpha value is -3.21. The topological polar surface area (TPSA) is 92.7 Å². The molecule has 1 amide bonds. The highest BCUT2D eigenvalue weighted by molar-refractivity contribution is 7.58. The minimum absolute atomic E-state index is 0.00923. The summed E-state index contributed by atoms with van der Waals surface area (Å²) < 4.78 is 18.4. The molecule has 0 spiro atoms. The summed E-state index contributed by atoms with van der Waals surface area (Å²) in [5.41, 5.74) is 4.04. The molecule has 0 aromatic heterocycles. The summed E-state index contributed by atoms with van der Waals surface area (Å²) in [4.78, 5) is 37.4. The van der Waals surface area contributed by atoms with Crippen LogP contribution in [0, 0.1) is 11.8 Å². The van der Waals surface area contributed by atoms with E-state index in [0.717, 1.165) is 54.4 Å². The van der Waals surface area contributed by atoms with Gasteiger partial charge in [-0.15, -0.1) is 0 Å². The standard InChI is InChI=1S/C33H40NO5P/c1-39-33(36)31(29-15-9-4-10-16-29)34-32(35)30(24-40(37,38)22-21-25-11-5-2-6-12-25)23-26-17-19-28(20-18-26)27-13-7-3-8-14-27/h2-3,5-8,11-14,17-20,29-31H,4,9-10,15-16,21-24H2,1H3,(H,34,35)(H,37,38)/t30-,31?/m1/s1. The Morgan fingerprint density at radius 2 is 1.48 bits per heavy atom. The number of ether oxygens (including phenoxy) is 1. The fourth-order valence-electron chi connectivity index (χ4n) is 5.61. The van der Waals surface area contributed by atoms with Crippen LogP contribution in [0.25, 0.3) is 11.1 Å². The molecular weight excluding hydrogens is 521 g/mol. The Balaban J connectivity index is 1.52. The lowest BCUT2D eigenvalue weighted by molar-refractivity contribution is -0.147. The van der Waals surface area contributed by atoms with Crippen LogP contribution >= 0.6 is 7.37 Å². The smallest absolute Gasteiger partial charge is 0.328 e. The number of esters is 1. The van der Waals surface area contributed by atoms with Crippen molar-refractivity contribution in [3.05, 3.63) is 96.1 Å². The fourth-order valence-corrected chi connectivity index (χ4v) is 7.38. The van der Waals surface area contributed by atoms with Gasteiger partial charge in [-0.3, -0.25) is 9.36 Å². The van der Waals surface area contributed by atoms with E-state index in [9.17, 15) is 19.0 Å². The maximum absolute atomic E-state index is 13.7. The summed E-state index contributed by atoms with van der Waals surface area (Å²) in [7, 11) is -2.31. The normalized spacial score (nSPS) is 16.9. The third kappa shape index (κ3) is 8.64. The first-order valence-electron chi connectivity index (χ1n) is 14.2. The Morgan fingerprint density at radius 3 is 2.10 bits per heavy atom. The Kier molecular flexibility index (Phi) is 10.7. The van der Waals surface area contributed by atoms with Gasteiger partial charge in [0.15, 0.2) is 0 Å². The van der Waals surface area contributed by atoms with Gasteiger partial charge in [0.25, 0.3) is 0 Å². The van der Waals surface area contributed by atoms with Gasteiger partial charge in [-0.05, 0) is 53.9 Å². The number of hydrogen-bond acceptors (Lipinski definition) is 4. The van der Waals surface area contributed by atoms with Crippen LogP contribution in [0.15, 0.2) is 84.9 Å². The molecular formula is C33H40NO5P. The van der Waals surface area contributed by atoms with Crippen molar-refractivity contribution >= 4 is 19.2 Å². The molecule has 6 nitrogen and oxygen atoms in total. The zero-order chi connectivity index (χ0) is 28.4. The Morgan fingerprint density at radius 1 is 0.875 bits per heavy atom. The monoisotopic (exact) mass is 561 g/mol. The lowest BCUT2D eigenvalue weighted by Gasteiger charge is -2.30. The van der Waals surface area contributed by atoms with Crippen LogP contribution in [0.2, 0.25) is 0 Å². The largest absolute Gasteiger partial charge is 0.467 e. The van der Waals surface area contributed by atoms with Crippen molar-refractivity contribution in [1.29, 1.82) is 0 Å². The molecule has 7 heteroatoms. The van der Waals surface area contributed by atoms with E-state index in [1.807, 2.05) is 84.9 Å². The number of nitrogens with one attached hydrogen (secondary N) is 1. The second kappa shape index (κ2) is 14.4. The second-order valence-electron chi connectivity index (χ2n) is 10.9. The summed E-state index contributed by atoms with van der Waals surface area (Å²) >= 11 is 0.